The minimum Gasteiger partial charge on any atom is -0.379 e. The van der Waals surface area contributed by atoms with Crippen molar-refractivity contribution >= 4 is 26.4 Å². The summed E-state index contributed by atoms with van der Waals surface area (Å²) in [4.78, 5) is 0.275. The monoisotopic (exact) mass is 392 g/mol. The average molecular weight is 392 g/mol. The van der Waals surface area contributed by atoms with Crippen LogP contribution in [0.5, 0.6) is 0 Å². The summed E-state index contributed by atoms with van der Waals surface area (Å²) in [5, 5.41) is 22.0. The van der Waals surface area contributed by atoms with Gasteiger partial charge in [-0.3, -0.25) is 0 Å². The first-order valence-electron chi connectivity index (χ1n) is 9.14. The van der Waals surface area contributed by atoms with E-state index in [9.17, 15) is 13.7 Å². The number of hydrogen-bond donors (Lipinski definition) is 1. The first kappa shape index (κ1) is 18.4. The van der Waals surface area contributed by atoms with Gasteiger partial charge in [0, 0.05) is 17.7 Å². The summed E-state index contributed by atoms with van der Waals surface area (Å²) in [6.45, 7) is 2.12. The van der Waals surface area contributed by atoms with Crippen molar-refractivity contribution in [3.05, 3.63) is 48.2 Å². The fourth-order valence-corrected chi connectivity index (χ4v) is 4.03. The summed E-state index contributed by atoms with van der Waals surface area (Å²) in [6, 6.07) is 14.9. The molecule has 1 aliphatic carbocycles. The van der Waals surface area contributed by atoms with Crippen LogP contribution in [-0.4, -0.2) is 30.9 Å². The molecule has 0 amide bonds. The van der Waals surface area contributed by atoms with Gasteiger partial charge in [-0.25, -0.2) is 8.42 Å². The number of nitrogens with zero attached hydrogens (tertiary/aromatic N) is 3. The SMILES string of the molecule is CC(Nc1c(C#N)nnc2cc(-c3cccc(S(C)(=O)=O)c3)ccc12)C1CC1. The lowest BCUT2D eigenvalue weighted by Crippen LogP contribution is -2.19. The predicted molar refractivity (Wildman–Crippen MR) is 109 cm³/mol. The molecule has 3 aromatic rings. The molecular weight excluding hydrogens is 372 g/mol. The van der Waals surface area contributed by atoms with Crippen LogP contribution in [0.1, 0.15) is 25.5 Å². The zero-order chi connectivity index (χ0) is 19.9. The molecule has 1 unspecified atom stereocenters. The Hall–Kier alpha value is -2.98. The molecule has 0 aliphatic heterocycles. The molecule has 0 radical (unpaired) electrons. The third kappa shape index (κ3) is 3.56. The fourth-order valence-electron chi connectivity index (χ4n) is 3.36. The highest BCUT2D eigenvalue weighted by molar-refractivity contribution is 7.90. The largest absolute Gasteiger partial charge is 0.379 e. The van der Waals surface area contributed by atoms with Crippen molar-refractivity contribution in [1.82, 2.24) is 10.2 Å². The molecule has 28 heavy (non-hydrogen) atoms. The maximum atomic E-state index is 11.8. The molecule has 1 aliphatic rings. The Bertz CT molecular complexity index is 1210. The van der Waals surface area contributed by atoms with Crippen molar-refractivity contribution in [3.8, 4) is 17.2 Å². The molecule has 1 saturated carbocycles. The van der Waals surface area contributed by atoms with Crippen LogP contribution in [-0.2, 0) is 9.84 Å². The van der Waals surface area contributed by atoms with Crippen LogP contribution in [0.25, 0.3) is 22.0 Å². The first-order chi connectivity index (χ1) is 13.4. The lowest BCUT2D eigenvalue weighted by Gasteiger charge is -2.17. The van der Waals surface area contributed by atoms with Crippen molar-refractivity contribution in [3.63, 3.8) is 0 Å². The van der Waals surface area contributed by atoms with E-state index >= 15 is 0 Å². The molecule has 2 aromatic carbocycles. The molecule has 1 atom stereocenters. The second-order valence-corrected chi connectivity index (χ2v) is 9.35. The van der Waals surface area contributed by atoms with Crippen molar-refractivity contribution in [2.24, 2.45) is 5.92 Å². The Morgan fingerprint density at radius 1 is 1.14 bits per heavy atom. The Morgan fingerprint density at radius 2 is 1.89 bits per heavy atom. The number of sulfone groups is 1. The van der Waals surface area contributed by atoms with Crippen molar-refractivity contribution in [2.45, 2.75) is 30.7 Å². The molecule has 1 N–H and O–H groups in total. The van der Waals surface area contributed by atoms with E-state index in [0.717, 1.165) is 16.5 Å². The van der Waals surface area contributed by atoms with Crippen LogP contribution in [0.2, 0.25) is 0 Å². The van der Waals surface area contributed by atoms with Gasteiger partial charge in [0.25, 0.3) is 0 Å². The average Bonchev–Trinajstić information content (AvgIpc) is 3.52. The molecule has 4 rings (SSSR count). The van der Waals surface area contributed by atoms with E-state index in [1.807, 2.05) is 24.3 Å². The second kappa shape index (κ2) is 6.88. The first-order valence-corrected chi connectivity index (χ1v) is 11.0. The van der Waals surface area contributed by atoms with E-state index in [0.29, 0.717) is 17.1 Å². The van der Waals surface area contributed by atoms with Gasteiger partial charge in [-0.15, -0.1) is 10.2 Å². The van der Waals surface area contributed by atoms with Crippen LogP contribution in [0.3, 0.4) is 0 Å². The number of hydrogen-bond acceptors (Lipinski definition) is 6. The summed E-state index contributed by atoms with van der Waals surface area (Å²) in [7, 11) is -3.28. The Labute approximate surface area is 164 Å². The number of aromatic nitrogens is 2. The van der Waals surface area contributed by atoms with E-state index in [1.54, 1.807) is 18.2 Å². The van der Waals surface area contributed by atoms with E-state index in [2.05, 4.69) is 28.5 Å². The third-order valence-corrected chi connectivity index (χ3v) is 6.27. The summed E-state index contributed by atoms with van der Waals surface area (Å²) < 4.78 is 23.7. The molecule has 7 heteroatoms. The molecule has 6 nitrogen and oxygen atoms in total. The van der Waals surface area contributed by atoms with E-state index in [1.165, 1.54) is 19.1 Å². The summed E-state index contributed by atoms with van der Waals surface area (Å²) in [6.07, 6.45) is 3.60. The predicted octanol–water partition coefficient (Wildman–Crippen LogP) is 3.78. The second-order valence-electron chi connectivity index (χ2n) is 7.34. The lowest BCUT2D eigenvalue weighted by atomic mass is 10.0. The highest BCUT2D eigenvalue weighted by Gasteiger charge is 2.29. The van der Waals surface area contributed by atoms with Crippen LogP contribution < -0.4 is 5.32 Å². The van der Waals surface area contributed by atoms with Crippen LogP contribution in [0.15, 0.2) is 47.4 Å². The molecule has 1 aromatic heterocycles. The van der Waals surface area contributed by atoms with Gasteiger partial charge in [-0.2, -0.15) is 5.26 Å². The lowest BCUT2D eigenvalue weighted by molar-refractivity contribution is 0.602. The number of fused-ring (bicyclic) bond motifs is 1. The van der Waals surface area contributed by atoms with Gasteiger partial charge in [0.05, 0.1) is 16.1 Å². The zero-order valence-electron chi connectivity index (χ0n) is 15.7. The topological polar surface area (TPSA) is 95.7 Å². The Balaban J connectivity index is 1.79. The zero-order valence-corrected chi connectivity index (χ0v) is 16.5. The van der Waals surface area contributed by atoms with Gasteiger partial charge in [-0.1, -0.05) is 18.2 Å². The maximum absolute atomic E-state index is 11.8. The number of nitriles is 1. The van der Waals surface area contributed by atoms with Gasteiger partial charge in [0.1, 0.15) is 6.07 Å². The highest BCUT2D eigenvalue weighted by atomic mass is 32.2. The molecule has 0 bridgehead atoms. The molecular formula is C21H20N4O2S. The van der Waals surface area contributed by atoms with Crippen molar-refractivity contribution in [1.29, 1.82) is 5.26 Å². The van der Waals surface area contributed by atoms with Gasteiger partial charge < -0.3 is 5.32 Å². The van der Waals surface area contributed by atoms with E-state index in [-0.39, 0.29) is 16.6 Å². The van der Waals surface area contributed by atoms with Crippen LogP contribution in [0, 0.1) is 17.2 Å². The number of rotatable bonds is 5. The minimum absolute atomic E-state index is 0.269. The van der Waals surface area contributed by atoms with Crippen molar-refractivity contribution < 1.29 is 8.42 Å². The molecule has 1 heterocycles. The number of nitrogens with one attached hydrogen (secondary N) is 1. The summed E-state index contributed by atoms with van der Waals surface area (Å²) in [5.41, 5.74) is 3.29. The normalized spacial score (nSPS) is 15.2. The van der Waals surface area contributed by atoms with Gasteiger partial charge in [0.15, 0.2) is 15.5 Å². The number of anilines is 1. The van der Waals surface area contributed by atoms with Gasteiger partial charge in [0.2, 0.25) is 0 Å². The Morgan fingerprint density at radius 3 is 2.57 bits per heavy atom. The van der Waals surface area contributed by atoms with Gasteiger partial charge in [-0.05, 0) is 61.1 Å². The smallest absolute Gasteiger partial charge is 0.186 e. The van der Waals surface area contributed by atoms with Crippen LogP contribution in [0.4, 0.5) is 5.69 Å². The fraction of sp³-hybridized carbons (Fsp3) is 0.286. The van der Waals surface area contributed by atoms with Crippen molar-refractivity contribution in [2.75, 3.05) is 11.6 Å². The molecule has 142 valence electrons. The quantitative estimate of drug-likeness (QED) is 0.710. The molecule has 1 fully saturated rings. The third-order valence-electron chi connectivity index (χ3n) is 5.16. The standard InChI is InChI=1S/C21H20N4O2S/c1-13(14-6-7-14)23-21-18-9-8-16(11-19(18)24-25-20(21)12-22)15-4-3-5-17(10-15)28(2,26)27/h3-5,8-11,13-14H,6-7H2,1-2H3,(H,23,24). The maximum Gasteiger partial charge on any atom is 0.186 e. The number of benzene rings is 2. The molecule has 0 saturated heterocycles. The van der Waals surface area contributed by atoms with E-state index in [4.69, 9.17) is 0 Å². The minimum atomic E-state index is -3.28. The molecule has 0 spiro atoms. The summed E-state index contributed by atoms with van der Waals surface area (Å²) >= 11 is 0. The van der Waals surface area contributed by atoms with Crippen LogP contribution >= 0.6 is 0 Å². The highest BCUT2D eigenvalue weighted by Crippen LogP contribution is 2.36. The Kier molecular flexibility index (Phi) is 4.52. The van der Waals surface area contributed by atoms with Gasteiger partial charge >= 0.3 is 0 Å². The summed E-state index contributed by atoms with van der Waals surface area (Å²) in [5.74, 6) is 0.632. The van der Waals surface area contributed by atoms with E-state index < -0.39 is 9.84 Å².